The summed E-state index contributed by atoms with van der Waals surface area (Å²) in [7, 11) is 0. The molecule has 134 valence electrons. The molecule has 1 N–H and O–H groups in total. The Balaban J connectivity index is 1.84. The molecular formula is C22H24N2O2. The smallest absolute Gasteiger partial charge is 0.227 e. The van der Waals surface area contributed by atoms with Crippen LogP contribution in [0.2, 0.25) is 0 Å². The first-order valence-electron chi connectivity index (χ1n) is 9.11. The molecule has 1 heterocycles. The van der Waals surface area contributed by atoms with E-state index in [1.165, 1.54) is 0 Å². The Hall–Kier alpha value is -2.88. The van der Waals surface area contributed by atoms with Crippen molar-refractivity contribution in [3.8, 4) is 0 Å². The minimum absolute atomic E-state index is 0.0331. The normalized spacial score (nSPS) is 13.8. The Bertz CT molecular complexity index is 826. The summed E-state index contributed by atoms with van der Waals surface area (Å²) in [5.74, 6) is -0.102. The number of benzene rings is 2. The zero-order chi connectivity index (χ0) is 18.4. The van der Waals surface area contributed by atoms with Crippen LogP contribution >= 0.6 is 0 Å². The second-order valence-corrected chi connectivity index (χ2v) is 6.42. The first-order valence-corrected chi connectivity index (χ1v) is 9.11. The molecule has 1 aliphatic rings. The van der Waals surface area contributed by atoms with E-state index in [0.29, 0.717) is 13.1 Å². The number of hydrogen-bond acceptors (Lipinski definition) is 2. The fourth-order valence-electron chi connectivity index (χ4n) is 3.08. The fourth-order valence-corrected chi connectivity index (χ4v) is 3.08. The first-order chi connectivity index (χ1) is 12.7. The van der Waals surface area contributed by atoms with Gasteiger partial charge in [-0.15, -0.1) is 0 Å². The highest BCUT2D eigenvalue weighted by molar-refractivity contribution is 5.98. The Morgan fingerprint density at radius 1 is 0.962 bits per heavy atom. The van der Waals surface area contributed by atoms with E-state index in [-0.39, 0.29) is 24.7 Å². The van der Waals surface area contributed by atoms with E-state index >= 15 is 0 Å². The topological polar surface area (TPSA) is 49.4 Å². The lowest BCUT2D eigenvalue weighted by molar-refractivity contribution is -0.125. The summed E-state index contributed by atoms with van der Waals surface area (Å²) < 4.78 is 0. The number of nitrogens with one attached hydrogen (secondary N) is 1. The van der Waals surface area contributed by atoms with Crippen LogP contribution in [0, 0.1) is 0 Å². The van der Waals surface area contributed by atoms with Crippen molar-refractivity contribution in [1.29, 1.82) is 0 Å². The Kier molecular flexibility index (Phi) is 5.84. The highest BCUT2D eigenvalue weighted by Crippen LogP contribution is 2.29. The van der Waals surface area contributed by atoms with Crippen molar-refractivity contribution in [2.75, 3.05) is 11.4 Å². The standard InChI is InChI=1S/C22H24N2O2/c1-2-15-23-21(25)13-14-22(26)24-16-19-9-4-3-7-17(19)11-12-18-8-5-6-10-20(18)24/h3-12H,2,13-16H2,1H3,(H,23,25)/b12-11-. The van der Waals surface area contributed by atoms with E-state index in [9.17, 15) is 9.59 Å². The summed E-state index contributed by atoms with van der Waals surface area (Å²) in [6.45, 7) is 3.16. The van der Waals surface area contributed by atoms with Gasteiger partial charge in [0, 0.05) is 19.4 Å². The lowest BCUT2D eigenvalue weighted by Gasteiger charge is -2.27. The van der Waals surface area contributed by atoms with Gasteiger partial charge in [0.15, 0.2) is 0 Å². The van der Waals surface area contributed by atoms with Gasteiger partial charge in [-0.1, -0.05) is 61.5 Å². The molecule has 2 aromatic rings. The molecule has 0 bridgehead atoms. The van der Waals surface area contributed by atoms with Crippen LogP contribution in [0.5, 0.6) is 0 Å². The number of anilines is 1. The minimum Gasteiger partial charge on any atom is -0.356 e. The van der Waals surface area contributed by atoms with Gasteiger partial charge in [-0.2, -0.15) is 0 Å². The minimum atomic E-state index is -0.0687. The summed E-state index contributed by atoms with van der Waals surface area (Å²) in [4.78, 5) is 26.6. The molecule has 0 radical (unpaired) electrons. The van der Waals surface area contributed by atoms with Gasteiger partial charge in [-0.25, -0.2) is 0 Å². The van der Waals surface area contributed by atoms with E-state index in [1.807, 2.05) is 55.5 Å². The second kappa shape index (κ2) is 8.48. The van der Waals surface area contributed by atoms with E-state index in [1.54, 1.807) is 4.90 Å². The Morgan fingerprint density at radius 3 is 2.46 bits per heavy atom. The van der Waals surface area contributed by atoms with Crippen molar-refractivity contribution in [1.82, 2.24) is 5.32 Å². The third kappa shape index (κ3) is 4.20. The zero-order valence-electron chi connectivity index (χ0n) is 15.1. The van der Waals surface area contributed by atoms with E-state index in [2.05, 4.69) is 17.5 Å². The summed E-state index contributed by atoms with van der Waals surface area (Å²) in [6.07, 6.45) is 5.45. The van der Waals surface area contributed by atoms with Crippen LogP contribution in [-0.2, 0) is 16.1 Å². The van der Waals surface area contributed by atoms with Gasteiger partial charge in [0.25, 0.3) is 0 Å². The molecule has 0 fully saturated rings. The van der Waals surface area contributed by atoms with Gasteiger partial charge < -0.3 is 10.2 Å². The van der Waals surface area contributed by atoms with Gasteiger partial charge in [-0.3, -0.25) is 9.59 Å². The van der Waals surface area contributed by atoms with Crippen molar-refractivity contribution >= 4 is 29.7 Å². The largest absolute Gasteiger partial charge is 0.356 e. The summed E-state index contributed by atoms with van der Waals surface area (Å²) in [5, 5.41) is 2.83. The van der Waals surface area contributed by atoms with Crippen molar-refractivity contribution in [2.24, 2.45) is 0 Å². The first kappa shape index (κ1) is 17.9. The average Bonchev–Trinajstić information content (AvgIpc) is 2.66. The molecule has 0 saturated heterocycles. The maximum Gasteiger partial charge on any atom is 0.227 e. The molecule has 26 heavy (non-hydrogen) atoms. The van der Waals surface area contributed by atoms with Crippen LogP contribution in [0.3, 0.4) is 0 Å². The number of fused-ring (bicyclic) bond motifs is 2. The predicted molar refractivity (Wildman–Crippen MR) is 106 cm³/mol. The quantitative estimate of drug-likeness (QED) is 0.887. The van der Waals surface area contributed by atoms with E-state index in [0.717, 1.165) is 28.8 Å². The van der Waals surface area contributed by atoms with Gasteiger partial charge >= 0.3 is 0 Å². The molecule has 2 amide bonds. The maximum absolute atomic E-state index is 12.9. The molecule has 0 aliphatic carbocycles. The molecule has 3 rings (SSSR count). The molecule has 0 spiro atoms. The average molecular weight is 348 g/mol. The van der Waals surface area contributed by atoms with Gasteiger partial charge in [0.05, 0.1) is 12.2 Å². The SMILES string of the molecule is CCCNC(=O)CCC(=O)N1Cc2ccccc2/C=C\c2ccccc21. The number of carbonyl (C=O) groups is 2. The van der Waals surface area contributed by atoms with Crippen molar-refractivity contribution < 1.29 is 9.59 Å². The third-order valence-corrected chi connectivity index (χ3v) is 4.49. The van der Waals surface area contributed by atoms with Crippen molar-refractivity contribution in [3.63, 3.8) is 0 Å². The van der Waals surface area contributed by atoms with E-state index < -0.39 is 0 Å². The Morgan fingerprint density at radius 2 is 1.65 bits per heavy atom. The summed E-state index contributed by atoms with van der Waals surface area (Å²) in [5.41, 5.74) is 4.10. The number of para-hydroxylation sites is 1. The third-order valence-electron chi connectivity index (χ3n) is 4.49. The molecule has 2 aromatic carbocycles. The number of amides is 2. The maximum atomic E-state index is 12.9. The molecule has 4 heteroatoms. The van der Waals surface area contributed by atoms with Crippen LogP contribution in [0.15, 0.2) is 48.5 Å². The molecule has 0 unspecified atom stereocenters. The van der Waals surface area contributed by atoms with Gasteiger partial charge in [0.1, 0.15) is 0 Å². The van der Waals surface area contributed by atoms with Crippen molar-refractivity contribution in [2.45, 2.75) is 32.7 Å². The van der Waals surface area contributed by atoms with Crippen LogP contribution in [0.4, 0.5) is 5.69 Å². The molecule has 1 aliphatic heterocycles. The Labute approximate surface area is 154 Å². The fraction of sp³-hybridized carbons (Fsp3) is 0.273. The molecule has 0 atom stereocenters. The van der Waals surface area contributed by atoms with Gasteiger partial charge in [0.2, 0.25) is 11.8 Å². The highest BCUT2D eigenvalue weighted by atomic mass is 16.2. The van der Waals surface area contributed by atoms with Crippen LogP contribution in [0.1, 0.15) is 42.9 Å². The summed E-state index contributed by atoms with van der Waals surface area (Å²) in [6, 6.07) is 16.0. The predicted octanol–water partition coefficient (Wildman–Crippen LogP) is 4.01. The zero-order valence-corrected chi connectivity index (χ0v) is 15.1. The van der Waals surface area contributed by atoms with Crippen LogP contribution in [-0.4, -0.2) is 18.4 Å². The number of carbonyl (C=O) groups excluding carboxylic acids is 2. The molecule has 0 saturated carbocycles. The van der Waals surface area contributed by atoms with Crippen LogP contribution in [0.25, 0.3) is 12.2 Å². The summed E-state index contributed by atoms with van der Waals surface area (Å²) >= 11 is 0. The second-order valence-electron chi connectivity index (χ2n) is 6.42. The monoisotopic (exact) mass is 348 g/mol. The lowest BCUT2D eigenvalue weighted by Crippen LogP contribution is -2.33. The highest BCUT2D eigenvalue weighted by Gasteiger charge is 2.21. The van der Waals surface area contributed by atoms with Crippen LogP contribution < -0.4 is 10.2 Å². The van der Waals surface area contributed by atoms with Crippen molar-refractivity contribution in [3.05, 3.63) is 65.2 Å². The molecular weight excluding hydrogens is 324 g/mol. The van der Waals surface area contributed by atoms with E-state index in [4.69, 9.17) is 0 Å². The lowest BCUT2D eigenvalue weighted by atomic mass is 10.0. The molecule has 0 aromatic heterocycles. The molecule has 4 nitrogen and oxygen atoms in total. The van der Waals surface area contributed by atoms with Gasteiger partial charge in [-0.05, 0) is 29.2 Å². The number of rotatable bonds is 5. The number of hydrogen-bond donors (Lipinski definition) is 1. The number of nitrogens with zero attached hydrogens (tertiary/aromatic N) is 1.